The van der Waals surface area contributed by atoms with Gasteiger partial charge in [-0.15, -0.1) is 0 Å². The van der Waals surface area contributed by atoms with Gasteiger partial charge in [0.2, 0.25) is 0 Å². The van der Waals surface area contributed by atoms with Crippen LogP contribution >= 0.6 is 0 Å². The molecule has 0 amide bonds. The van der Waals surface area contributed by atoms with Crippen LogP contribution in [0.1, 0.15) is 59.8 Å². The summed E-state index contributed by atoms with van der Waals surface area (Å²) in [4.78, 5) is 2.75. The Morgan fingerprint density at radius 2 is 2.00 bits per heavy atom. The van der Waals surface area contributed by atoms with Crippen LogP contribution in [0.3, 0.4) is 0 Å². The van der Waals surface area contributed by atoms with Crippen LogP contribution in [0.25, 0.3) is 0 Å². The summed E-state index contributed by atoms with van der Waals surface area (Å²) in [6.45, 7) is 11.7. The first-order valence-electron chi connectivity index (χ1n) is 7.21. The van der Waals surface area contributed by atoms with E-state index in [1.54, 1.807) is 0 Å². The summed E-state index contributed by atoms with van der Waals surface area (Å²) in [7, 11) is 0. The number of hydrogen-bond donors (Lipinski definition) is 1. The van der Waals surface area contributed by atoms with E-state index < -0.39 is 0 Å². The molecule has 0 bridgehead atoms. The van der Waals surface area contributed by atoms with Gasteiger partial charge in [0.1, 0.15) is 0 Å². The number of piperazine rings is 1. The van der Waals surface area contributed by atoms with Crippen molar-refractivity contribution in [3.05, 3.63) is 0 Å². The highest BCUT2D eigenvalue weighted by Gasteiger charge is 2.28. The van der Waals surface area contributed by atoms with Crippen LogP contribution in [0.2, 0.25) is 0 Å². The van der Waals surface area contributed by atoms with Crippen LogP contribution in [0.4, 0.5) is 0 Å². The maximum absolute atomic E-state index is 3.68. The minimum absolute atomic E-state index is 0.713. The SMILES string of the molecule is CCCC1CN(C(CC)CCC)C(C)CN1. The second-order valence-corrected chi connectivity index (χ2v) is 5.29. The average Bonchev–Trinajstić information content (AvgIpc) is 2.29. The van der Waals surface area contributed by atoms with E-state index in [9.17, 15) is 0 Å². The highest BCUT2D eigenvalue weighted by molar-refractivity contribution is 4.87. The highest BCUT2D eigenvalue weighted by Crippen LogP contribution is 2.19. The number of rotatable bonds is 6. The predicted octanol–water partition coefficient (Wildman–Crippen LogP) is 3.03. The van der Waals surface area contributed by atoms with E-state index >= 15 is 0 Å². The fourth-order valence-electron chi connectivity index (χ4n) is 2.94. The zero-order chi connectivity index (χ0) is 12.0. The Kier molecular flexibility index (Phi) is 6.37. The highest BCUT2D eigenvalue weighted by atomic mass is 15.2. The Morgan fingerprint density at radius 1 is 1.25 bits per heavy atom. The van der Waals surface area contributed by atoms with Gasteiger partial charge < -0.3 is 5.32 Å². The van der Waals surface area contributed by atoms with E-state index in [0.717, 1.165) is 12.1 Å². The summed E-state index contributed by atoms with van der Waals surface area (Å²) in [5.74, 6) is 0. The van der Waals surface area contributed by atoms with Gasteiger partial charge in [-0.3, -0.25) is 4.90 Å². The lowest BCUT2D eigenvalue weighted by atomic mass is 10.00. The van der Waals surface area contributed by atoms with Crippen LogP contribution in [0.5, 0.6) is 0 Å². The van der Waals surface area contributed by atoms with Crippen LogP contribution in [-0.2, 0) is 0 Å². The van der Waals surface area contributed by atoms with Gasteiger partial charge in [-0.25, -0.2) is 0 Å². The minimum atomic E-state index is 0.713. The quantitative estimate of drug-likeness (QED) is 0.749. The van der Waals surface area contributed by atoms with Gasteiger partial charge in [-0.05, 0) is 26.2 Å². The summed E-state index contributed by atoms with van der Waals surface area (Å²) < 4.78 is 0. The zero-order valence-electron chi connectivity index (χ0n) is 11.6. The summed E-state index contributed by atoms with van der Waals surface area (Å²) in [5.41, 5.74) is 0. The second-order valence-electron chi connectivity index (χ2n) is 5.29. The van der Waals surface area contributed by atoms with Crippen LogP contribution in [0.15, 0.2) is 0 Å². The molecule has 1 N–H and O–H groups in total. The summed E-state index contributed by atoms with van der Waals surface area (Å²) in [6, 6.07) is 2.25. The molecule has 1 rings (SSSR count). The normalized spacial score (nSPS) is 29.2. The third-order valence-electron chi connectivity index (χ3n) is 3.90. The van der Waals surface area contributed by atoms with Crippen LogP contribution < -0.4 is 5.32 Å². The second kappa shape index (κ2) is 7.29. The van der Waals surface area contributed by atoms with E-state index in [1.165, 1.54) is 45.2 Å². The summed E-state index contributed by atoms with van der Waals surface area (Å²) in [6.07, 6.45) is 6.60. The standard InChI is InChI=1S/C14H30N2/c1-5-8-13-11-16(12(4)10-15-13)14(7-3)9-6-2/h12-15H,5-11H2,1-4H3. The first-order chi connectivity index (χ1) is 7.72. The molecule has 3 unspecified atom stereocenters. The summed E-state index contributed by atoms with van der Waals surface area (Å²) >= 11 is 0. The van der Waals surface area contributed by atoms with Gasteiger partial charge in [0.05, 0.1) is 0 Å². The van der Waals surface area contributed by atoms with Crippen molar-refractivity contribution in [2.45, 2.75) is 77.9 Å². The predicted molar refractivity (Wildman–Crippen MR) is 71.9 cm³/mol. The molecule has 3 atom stereocenters. The topological polar surface area (TPSA) is 15.3 Å². The molecule has 1 fully saturated rings. The fraction of sp³-hybridized carbons (Fsp3) is 1.00. The molecular formula is C14H30N2. The molecule has 0 aromatic rings. The molecule has 1 aliphatic heterocycles. The van der Waals surface area contributed by atoms with E-state index in [4.69, 9.17) is 0 Å². The largest absolute Gasteiger partial charge is 0.311 e. The molecule has 0 aromatic heterocycles. The Labute approximate surface area is 102 Å². The molecule has 1 aliphatic rings. The molecule has 0 saturated carbocycles. The van der Waals surface area contributed by atoms with Crippen molar-refractivity contribution in [3.63, 3.8) is 0 Å². The Balaban J connectivity index is 2.52. The molecule has 96 valence electrons. The van der Waals surface area contributed by atoms with Gasteiger partial charge in [-0.1, -0.05) is 33.6 Å². The van der Waals surface area contributed by atoms with Crippen molar-refractivity contribution in [2.24, 2.45) is 0 Å². The van der Waals surface area contributed by atoms with Gasteiger partial charge in [-0.2, -0.15) is 0 Å². The third kappa shape index (κ3) is 3.74. The van der Waals surface area contributed by atoms with Crippen molar-refractivity contribution < 1.29 is 0 Å². The third-order valence-corrected chi connectivity index (χ3v) is 3.90. The molecule has 1 saturated heterocycles. The Bertz CT molecular complexity index is 182. The van der Waals surface area contributed by atoms with E-state index in [1.807, 2.05) is 0 Å². The molecule has 0 aromatic carbocycles. The molecule has 0 radical (unpaired) electrons. The fourth-order valence-corrected chi connectivity index (χ4v) is 2.94. The van der Waals surface area contributed by atoms with Crippen molar-refractivity contribution in [1.29, 1.82) is 0 Å². The van der Waals surface area contributed by atoms with E-state index in [2.05, 4.69) is 37.9 Å². The molecule has 2 nitrogen and oxygen atoms in total. The lowest BCUT2D eigenvalue weighted by Gasteiger charge is -2.43. The number of nitrogens with one attached hydrogen (secondary N) is 1. The first kappa shape index (κ1) is 14.0. The zero-order valence-corrected chi connectivity index (χ0v) is 11.6. The minimum Gasteiger partial charge on any atom is -0.311 e. The lowest BCUT2D eigenvalue weighted by Crippen LogP contribution is -2.58. The molecule has 0 spiro atoms. The van der Waals surface area contributed by atoms with Crippen molar-refractivity contribution in [1.82, 2.24) is 10.2 Å². The molecule has 2 heteroatoms. The maximum atomic E-state index is 3.68. The van der Waals surface area contributed by atoms with E-state index in [0.29, 0.717) is 6.04 Å². The molecular weight excluding hydrogens is 196 g/mol. The molecule has 16 heavy (non-hydrogen) atoms. The van der Waals surface area contributed by atoms with E-state index in [-0.39, 0.29) is 0 Å². The van der Waals surface area contributed by atoms with Crippen molar-refractivity contribution in [2.75, 3.05) is 13.1 Å². The van der Waals surface area contributed by atoms with Gasteiger partial charge in [0.25, 0.3) is 0 Å². The molecule has 0 aliphatic carbocycles. The van der Waals surface area contributed by atoms with Crippen LogP contribution in [-0.4, -0.2) is 36.1 Å². The average molecular weight is 226 g/mol. The van der Waals surface area contributed by atoms with Gasteiger partial charge in [0, 0.05) is 31.2 Å². The Hall–Kier alpha value is -0.0800. The number of hydrogen-bond acceptors (Lipinski definition) is 2. The van der Waals surface area contributed by atoms with Crippen molar-refractivity contribution in [3.8, 4) is 0 Å². The lowest BCUT2D eigenvalue weighted by molar-refractivity contribution is 0.0805. The maximum Gasteiger partial charge on any atom is 0.0196 e. The van der Waals surface area contributed by atoms with Crippen LogP contribution in [0, 0.1) is 0 Å². The van der Waals surface area contributed by atoms with Gasteiger partial charge >= 0.3 is 0 Å². The monoisotopic (exact) mass is 226 g/mol. The first-order valence-corrected chi connectivity index (χ1v) is 7.21. The smallest absolute Gasteiger partial charge is 0.0196 e. The summed E-state index contributed by atoms with van der Waals surface area (Å²) in [5, 5.41) is 3.68. The molecule has 1 heterocycles. The van der Waals surface area contributed by atoms with Crippen molar-refractivity contribution >= 4 is 0 Å². The Morgan fingerprint density at radius 3 is 2.56 bits per heavy atom. The van der Waals surface area contributed by atoms with Gasteiger partial charge in [0.15, 0.2) is 0 Å². The number of nitrogens with zero attached hydrogens (tertiary/aromatic N) is 1.